The van der Waals surface area contributed by atoms with Crippen molar-refractivity contribution < 1.29 is 48.2 Å². The minimum Gasteiger partial charge on any atom is -0.459 e. The summed E-state index contributed by atoms with van der Waals surface area (Å²) in [7, 11) is 0. The van der Waals surface area contributed by atoms with Crippen LogP contribution in [-0.2, 0) is 49.7 Å². The summed E-state index contributed by atoms with van der Waals surface area (Å²) >= 11 is 0. The molecular weight excluding hydrogens is 646 g/mol. The molecule has 0 unspecified atom stereocenters. The fraction of sp³-hybridized carbons (Fsp3) is 0.750. The van der Waals surface area contributed by atoms with Crippen LogP contribution >= 0.6 is 0 Å². The number of fused-ring (bicyclic) bond motifs is 2. The number of hydrogen-bond acceptors (Lipinski definition) is 14. The molecule has 2 bridgehead atoms. The van der Waals surface area contributed by atoms with Crippen LogP contribution in [0.25, 0.3) is 0 Å². The molecule has 0 radical (unpaired) electrons. The Hall–Kier alpha value is -3.48. The molecule has 6 fully saturated rings. The Labute approximate surface area is 281 Å². The van der Waals surface area contributed by atoms with E-state index in [-0.39, 0.29) is 50.2 Å². The second kappa shape index (κ2) is 13.0. The van der Waals surface area contributed by atoms with Crippen molar-refractivity contribution in [2.75, 3.05) is 6.61 Å². The third-order valence-electron chi connectivity index (χ3n) is 11.0. The summed E-state index contributed by atoms with van der Waals surface area (Å²) in [5, 5.41) is 18.1. The number of ether oxygens (including phenoxy) is 5. The highest BCUT2D eigenvalue weighted by Gasteiger charge is 2.69. The lowest BCUT2D eigenvalue weighted by Crippen LogP contribution is -2.70. The molecule has 0 amide bonds. The quantitative estimate of drug-likeness (QED) is 0.283. The molecule has 49 heavy (non-hydrogen) atoms. The Morgan fingerprint density at radius 1 is 1.08 bits per heavy atom. The highest BCUT2D eigenvalue weighted by molar-refractivity contribution is 5.77. The molecule has 5 aliphatic heterocycles. The van der Waals surface area contributed by atoms with Crippen molar-refractivity contribution >= 4 is 11.9 Å². The lowest BCUT2D eigenvalue weighted by Gasteiger charge is -2.59. The average molecular weight is 690 g/mol. The molecule has 11 atom stereocenters. The van der Waals surface area contributed by atoms with E-state index in [0.29, 0.717) is 23.6 Å². The van der Waals surface area contributed by atoms with Gasteiger partial charge in [-0.2, -0.15) is 0 Å². The highest BCUT2D eigenvalue weighted by atomic mass is 17.3. The van der Waals surface area contributed by atoms with E-state index in [1.807, 2.05) is 13.8 Å². The largest absolute Gasteiger partial charge is 0.459 e. The number of rotatable bonds is 9. The number of carbonyl (C=O) groups is 2. The van der Waals surface area contributed by atoms with E-state index in [1.165, 1.54) is 15.4 Å². The van der Waals surface area contributed by atoms with Crippen molar-refractivity contribution in [3.05, 3.63) is 44.5 Å². The van der Waals surface area contributed by atoms with Crippen LogP contribution in [0.3, 0.4) is 0 Å². The zero-order valence-electron chi connectivity index (χ0n) is 27.9. The van der Waals surface area contributed by atoms with E-state index >= 15 is 0 Å². The van der Waals surface area contributed by atoms with Crippen LogP contribution in [0.2, 0.25) is 0 Å². The normalized spacial score (nSPS) is 38.1. The number of esters is 2. The highest BCUT2D eigenvalue weighted by Crippen LogP contribution is 2.60. The molecule has 1 aliphatic carbocycles. The van der Waals surface area contributed by atoms with Crippen molar-refractivity contribution in [2.24, 2.45) is 23.7 Å². The number of aromatic nitrogens is 5. The Balaban J connectivity index is 0.910. The molecule has 1 saturated carbocycles. The number of aliphatic hydroxyl groups excluding tert-OH is 1. The molecule has 5 saturated heterocycles. The summed E-state index contributed by atoms with van der Waals surface area (Å²) in [6.07, 6.45) is 3.18. The van der Waals surface area contributed by atoms with Gasteiger partial charge in [-0.1, -0.05) is 19.1 Å². The molecule has 0 aromatic carbocycles. The summed E-state index contributed by atoms with van der Waals surface area (Å²) in [5.41, 5.74) is -1.20. The number of H-pyrrole nitrogens is 1. The van der Waals surface area contributed by atoms with Crippen LogP contribution in [0, 0.1) is 30.6 Å². The van der Waals surface area contributed by atoms with Gasteiger partial charge in [0.25, 0.3) is 5.56 Å². The van der Waals surface area contributed by atoms with E-state index in [9.17, 15) is 24.3 Å². The second-order valence-corrected chi connectivity index (χ2v) is 14.2. The molecule has 17 nitrogen and oxygen atoms in total. The zero-order valence-corrected chi connectivity index (χ0v) is 27.9. The molecule has 2 aromatic heterocycles. The molecule has 1 spiro atoms. The van der Waals surface area contributed by atoms with Crippen LogP contribution in [0.4, 0.5) is 0 Å². The fourth-order valence-electron chi connectivity index (χ4n) is 8.30. The minimum absolute atomic E-state index is 0.00315. The molecule has 6 aliphatic rings. The summed E-state index contributed by atoms with van der Waals surface area (Å²) in [6.45, 7) is 7.07. The maximum Gasteiger partial charge on any atom is 0.330 e. The van der Waals surface area contributed by atoms with E-state index in [1.54, 1.807) is 13.1 Å². The maximum atomic E-state index is 12.9. The maximum absolute atomic E-state index is 12.9. The van der Waals surface area contributed by atoms with Crippen molar-refractivity contribution in [1.82, 2.24) is 24.5 Å². The smallest absolute Gasteiger partial charge is 0.330 e. The van der Waals surface area contributed by atoms with Crippen LogP contribution in [0.1, 0.15) is 89.2 Å². The van der Waals surface area contributed by atoms with E-state index < -0.39 is 65.5 Å². The van der Waals surface area contributed by atoms with E-state index in [0.717, 1.165) is 19.3 Å². The topological polar surface area (TPSA) is 205 Å². The SMILES string of the molecule is Cc1cn([C@H]2C[C@H](n3cc(COC(=O)CCC(=O)O[C@@H]4O[C@@H]5O[C@@]6(C)CC[C@H]7[C@H](C)CC[C@@H]([C@H]4C)[C@@]57OO6)nn3)[C@@H](CO)O2)c(=O)[nH]c1=O. The van der Waals surface area contributed by atoms with Crippen molar-refractivity contribution in [3.63, 3.8) is 0 Å². The predicted octanol–water partition coefficient (Wildman–Crippen LogP) is 1.53. The van der Waals surface area contributed by atoms with Gasteiger partial charge in [0.15, 0.2) is 11.9 Å². The summed E-state index contributed by atoms with van der Waals surface area (Å²) < 4.78 is 32.3. The monoisotopic (exact) mass is 689 g/mol. The first-order chi connectivity index (χ1) is 23.4. The van der Waals surface area contributed by atoms with Crippen molar-refractivity contribution in [2.45, 2.75) is 122 Å². The van der Waals surface area contributed by atoms with Crippen molar-refractivity contribution in [3.8, 4) is 0 Å². The van der Waals surface area contributed by atoms with Gasteiger partial charge in [-0.05, 0) is 44.9 Å². The van der Waals surface area contributed by atoms with Gasteiger partial charge in [-0.15, -0.1) is 5.10 Å². The molecular formula is C32H43N5O12. The average Bonchev–Trinajstić information content (AvgIpc) is 3.66. The van der Waals surface area contributed by atoms with Gasteiger partial charge >= 0.3 is 17.6 Å². The van der Waals surface area contributed by atoms with Gasteiger partial charge in [0.05, 0.1) is 31.7 Å². The summed E-state index contributed by atoms with van der Waals surface area (Å²) in [4.78, 5) is 63.8. The zero-order chi connectivity index (χ0) is 34.7. The Bertz CT molecular complexity index is 1690. The standard InChI is InChI=1S/C32H43N5O12/c1-16-5-6-21-18(3)28(46-29-32(21)20(16)9-10-31(4,47-29)48-49-32)45-26(40)8-7-25(39)43-15-19-13-37(35-34-19)22-11-24(44-23(22)14-38)36-12-17(2)27(41)33-30(36)42/h12-13,16,18,20-24,28-29,38H,5-11,14-15H2,1-4H3,(H,33,41,42)/t16-,18-,20+,21+,22+,23-,24-,28-,29-,31-,32-/m1/s1. The number of aromatic amines is 1. The number of nitrogens with one attached hydrogen (secondary N) is 1. The molecule has 17 heteroatoms. The lowest BCUT2D eigenvalue weighted by atomic mass is 9.58. The molecule has 7 heterocycles. The summed E-state index contributed by atoms with van der Waals surface area (Å²) in [6, 6.07) is -0.483. The van der Waals surface area contributed by atoms with Gasteiger partial charge in [-0.3, -0.25) is 23.9 Å². The number of carbonyl (C=O) groups excluding carboxylic acids is 2. The van der Waals surface area contributed by atoms with Gasteiger partial charge in [0, 0.05) is 36.4 Å². The first-order valence-electron chi connectivity index (χ1n) is 16.9. The Morgan fingerprint density at radius 3 is 2.67 bits per heavy atom. The van der Waals surface area contributed by atoms with Crippen LogP contribution in [-0.4, -0.2) is 78.3 Å². The Morgan fingerprint density at radius 2 is 1.88 bits per heavy atom. The second-order valence-electron chi connectivity index (χ2n) is 14.2. The molecule has 8 rings (SSSR count). The lowest BCUT2D eigenvalue weighted by molar-refractivity contribution is -0.576. The third kappa shape index (κ3) is 6.14. The van der Waals surface area contributed by atoms with Gasteiger partial charge in [-0.25, -0.2) is 19.3 Å². The number of hydrogen-bond donors (Lipinski definition) is 2. The first-order valence-corrected chi connectivity index (χ1v) is 16.9. The summed E-state index contributed by atoms with van der Waals surface area (Å²) in [5.74, 6) is -1.76. The fourth-order valence-corrected chi connectivity index (χ4v) is 8.30. The van der Waals surface area contributed by atoms with Crippen LogP contribution < -0.4 is 11.2 Å². The minimum atomic E-state index is -0.944. The van der Waals surface area contributed by atoms with Crippen LogP contribution in [0.5, 0.6) is 0 Å². The third-order valence-corrected chi connectivity index (χ3v) is 11.0. The van der Waals surface area contributed by atoms with Gasteiger partial charge in [0.1, 0.15) is 24.6 Å². The van der Waals surface area contributed by atoms with E-state index in [4.69, 9.17) is 33.5 Å². The number of aliphatic hydroxyl groups is 1. The predicted molar refractivity (Wildman–Crippen MR) is 163 cm³/mol. The van der Waals surface area contributed by atoms with Crippen molar-refractivity contribution in [1.29, 1.82) is 0 Å². The van der Waals surface area contributed by atoms with Crippen LogP contribution in [0.15, 0.2) is 22.0 Å². The molecule has 268 valence electrons. The number of nitrogens with zero attached hydrogens (tertiary/aromatic N) is 4. The number of aryl methyl sites for hydroxylation is 1. The first kappa shape index (κ1) is 34.0. The molecule has 2 aromatic rings. The van der Waals surface area contributed by atoms with E-state index in [2.05, 4.69) is 22.2 Å². The van der Waals surface area contributed by atoms with Gasteiger partial charge < -0.3 is 28.8 Å². The molecule has 2 N–H and O–H groups in total. The Kier molecular flexibility index (Phi) is 9.02. The van der Waals surface area contributed by atoms with Gasteiger partial charge in [0.2, 0.25) is 12.1 Å².